The first-order valence-electron chi connectivity index (χ1n) is 7.82. The third kappa shape index (κ3) is 3.54. The van der Waals surface area contributed by atoms with Crippen molar-refractivity contribution in [1.82, 2.24) is 0 Å². The first kappa shape index (κ1) is 16.8. The molecular formula is C20H19BrO3. The quantitative estimate of drug-likeness (QED) is 0.741. The predicted molar refractivity (Wildman–Crippen MR) is 98.6 cm³/mol. The molecule has 0 saturated heterocycles. The van der Waals surface area contributed by atoms with Gasteiger partial charge in [-0.1, -0.05) is 28.1 Å². The summed E-state index contributed by atoms with van der Waals surface area (Å²) >= 11 is 3.50. The van der Waals surface area contributed by atoms with Crippen LogP contribution in [-0.2, 0) is 4.79 Å². The standard InChI is InChI=1S/C20H19BrO3/c1-23-18-6-3-13(4-7-18)14-9-15(11-17(22)10-14)19-12-16(21)5-8-20(19)24-2/h3-8,11-12,14H,9-10H2,1-2H3/t14-/m1/s1. The molecule has 1 aliphatic carbocycles. The Morgan fingerprint density at radius 2 is 1.75 bits per heavy atom. The third-order valence-electron chi connectivity index (χ3n) is 4.34. The van der Waals surface area contributed by atoms with Crippen LogP contribution in [0.4, 0.5) is 0 Å². The molecule has 124 valence electrons. The lowest BCUT2D eigenvalue weighted by Gasteiger charge is -2.24. The Labute approximate surface area is 150 Å². The van der Waals surface area contributed by atoms with Gasteiger partial charge in [0.1, 0.15) is 11.5 Å². The number of ether oxygens (including phenoxy) is 2. The van der Waals surface area contributed by atoms with Crippen LogP contribution in [-0.4, -0.2) is 20.0 Å². The first-order valence-corrected chi connectivity index (χ1v) is 8.61. The first-order chi connectivity index (χ1) is 11.6. The van der Waals surface area contributed by atoms with Crippen molar-refractivity contribution in [2.45, 2.75) is 18.8 Å². The van der Waals surface area contributed by atoms with Crippen molar-refractivity contribution in [3.8, 4) is 11.5 Å². The van der Waals surface area contributed by atoms with Crippen molar-refractivity contribution in [3.05, 3.63) is 64.1 Å². The number of benzene rings is 2. The lowest BCUT2D eigenvalue weighted by atomic mass is 9.81. The second-order valence-corrected chi connectivity index (χ2v) is 6.77. The Bertz CT molecular complexity index is 778. The lowest BCUT2D eigenvalue weighted by molar-refractivity contribution is -0.115. The highest BCUT2D eigenvalue weighted by atomic mass is 79.9. The number of halogens is 1. The van der Waals surface area contributed by atoms with Crippen LogP contribution >= 0.6 is 15.9 Å². The van der Waals surface area contributed by atoms with Gasteiger partial charge in [0, 0.05) is 16.5 Å². The molecule has 0 amide bonds. The number of ketones is 1. The molecule has 0 N–H and O–H groups in total. The number of rotatable bonds is 4. The number of allylic oxidation sites excluding steroid dienone is 2. The minimum atomic E-state index is 0.152. The van der Waals surface area contributed by atoms with Gasteiger partial charge in [-0.15, -0.1) is 0 Å². The van der Waals surface area contributed by atoms with Gasteiger partial charge in [0.05, 0.1) is 14.2 Å². The number of methoxy groups -OCH3 is 2. The Hall–Kier alpha value is -2.07. The topological polar surface area (TPSA) is 35.5 Å². The average Bonchev–Trinajstić information content (AvgIpc) is 2.61. The predicted octanol–water partition coefficient (Wildman–Crippen LogP) is 5.00. The van der Waals surface area contributed by atoms with Gasteiger partial charge in [0.2, 0.25) is 0 Å². The highest BCUT2D eigenvalue weighted by Gasteiger charge is 2.24. The van der Waals surface area contributed by atoms with Gasteiger partial charge in [-0.2, -0.15) is 0 Å². The van der Waals surface area contributed by atoms with Gasteiger partial charge in [-0.3, -0.25) is 4.79 Å². The fraction of sp³-hybridized carbons (Fsp3) is 0.250. The Morgan fingerprint density at radius 3 is 2.42 bits per heavy atom. The molecule has 0 radical (unpaired) electrons. The summed E-state index contributed by atoms with van der Waals surface area (Å²) in [4.78, 5) is 12.3. The molecule has 0 saturated carbocycles. The largest absolute Gasteiger partial charge is 0.497 e. The Morgan fingerprint density at radius 1 is 1.00 bits per heavy atom. The fourth-order valence-electron chi connectivity index (χ4n) is 3.12. The molecule has 0 spiro atoms. The summed E-state index contributed by atoms with van der Waals surface area (Å²) in [5, 5.41) is 0. The van der Waals surface area contributed by atoms with E-state index >= 15 is 0 Å². The van der Waals surface area contributed by atoms with Crippen LogP contribution in [0.2, 0.25) is 0 Å². The third-order valence-corrected chi connectivity index (χ3v) is 4.84. The van der Waals surface area contributed by atoms with Crippen molar-refractivity contribution in [2.75, 3.05) is 14.2 Å². The SMILES string of the molecule is COc1ccc([C@H]2CC(=O)C=C(c3cc(Br)ccc3OC)C2)cc1. The number of carbonyl (C=O) groups excluding carboxylic acids is 1. The summed E-state index contributed by atoms with van der Waals surface area (Å²) in [7, 11) is 3.30. The summed E-state index contributed by atoms with van der Waals surface area (Å²) in [6.07, 6.45) is 3.10. The zero-order valence-electron chi connectivity index (χ0n) is 13.7. The zero-order chi connectivity index (χ0) is 17.1. The van der Waals surface area contributed by atoms with Crippen LogP contribution in [0.5, 0.6) is 11.5 Å². The normalized spacial score (nSPS) is 17.4. The molecule has 0 bridgehead atoms. The molecular weight excluding hydrogens is 368 g/mol. The highest BCUT2D eigenvalue weighted by Crippen LogP contribution is 2.40. The van der Waals surface area contributed by atoms with Crippen molar-refractivity contribution in [2.24, 2.45) is 0 Å². The minimum Gasteiger partial charge on any atom is -0.497 e. The van der Waals surface area contributed by atoms with E-state index < -0.39 is 0 Å². The van der Waals surface area contributed by atoms with Crippen molar-refractivity contribution in [3.63, 3.8) is 0 Å². The van der Waals surface area contributed by atoms with Crippen molar-refractivity contribution < 1.29 is 14.3 Å². The van der Waals surface area contributed by atoms with Gasteiger partial charge < -0.3 is 9.47 Å². The van der Waals surface area contributed by atoms with E-state index in [0.717, 1.165) is 39.1 Å². The van der Waals surface area contributed by atoms with E-state index in [1.807, 2.05) is 42.5 Å². The molecule has 0 unspecified atom stereocenters. The van der Waals surface area contributed by atoms with Crippen LogP contribution in [0.1, 0.15) is 29.9 Å². The van der Waals surface area contributed by atoms with Crippen LogP contribution in [0.25, 0.3) is 5.57 Å². The summed E-state index contributed by atoms with van der Waals surface area (Å²) in [5.41, 5.74) is 3.15. The van der Waals surface area contributed by atoms with Crippen LogP contribution in [0, 0.1) is 0 Å². The van der Waals surface area contributed by atoms with Crippen LogP contribution < -0.4 is 9.47 Å². The summed E-state index contributed by atoms with van der Waals surface area (Å²) in [5.74, 6) is 1.93. The van der Waals surface area contributed by atoms with E-state index in [0.29, 0.717) is 6.42 Å². The second kappa shape index (κ2) is 7.22. The van der Waals surface area contributed by atoms with Gasteiger partial charge in [0.15, 0.2) is 5.78 Å². The van der Waals surface area contributed by atoms with E-state index in [9.17, 15) is 4.79 Å². The summed E-state index contributed by atoms with van der Waals surface area (Å²) in [6, 6.07) is 13.8. The molecule has 3 rings (SSSR count). The highest BCUT2D eigenvalue weighted by molar-refractivity contribution is 9.10. The van der Waals surface area contributed by atoms with E-state index in [-0.39, 0.29) is 11.7 Å². The van der Waals surface area contributed by atoms with Crippen molar-refractivity contribution in [1.29, 1.82) is 0 Å². The molecule has 3 nitrogen and oxygen atoms in total. The maximum absolute atomic E-state index is 12.3. The van der Waals surface area contributed by atoms with Gasteiger partial charge in [-0.25, -0.2) is 0 Å². The second-order valence-electron chi connectivity index (χ2n) is 5.86. The van der Waals surface area contributed by atoms with Crippen molar-refractivity contribution >= 4 is 27.3 Å². The van der Waals surface area contributed by atoms with E-state index in [1.54, 1.807) is 20.3 Å². The molecule has 0 heterocycles. The lowest BCUT2D eigenvalue weighted by Crippen LogP contribution is -2.12. The van der Waals surface area contributed by atoms with Gasteiger partial charge in [0.25, 0.3) is 0 Å². The molecule has 4 heteroatoms. The van der Waals surface area contributed by atoms with Crippen LogP contribution in [0.3, 0.4) is 0 Å². The zero-order valence-corrected chi connectivity index (χ0v) is 15.3. The summed E-state index contributed by atoms with van der Waals surface area (Å²) < 4.78 is 11.7. The smallest absolute Gasteiger partial charge is 0.156 e. The molecule has 2 aromatic rings. The number of hydrogen-bond acceptors (Lipinski definition) is 3. The Kier molecular flexibility index (Phi) is 5.05. The monoisotopic (exact) mass is 386 g/mol. The molecule has 0 aliphatic heterocycles. The minimum absolute atomic E-state index is 0.152. The van der Waals surface area contributed by atoms with Gasteiger partial charge >= 0.3 is 0 Å². The molecule has 24 heavy (non-hydrogen) atoms. The summed E-state index contributed by atoms with van der Waals surface area (Å²) in [6.45, 7) is 0. The van der Waals surface area contributed by atoms with Crippen LogP contribution in [0.15, 0.2) is 53.0 Å². The molecule has 2 aromatic carbocycles. The fourth-order valence-corrected chi connectivity index (χ4v) is 3.48. The molecule has 0 fully saturated rings. The number of carbonyl (C=O) groups is 1. The van der Waals surface area contributed by atoms with Gasteiger partial charge in [-0.05, 0) is 59.9 Å². The maximum Gasteiger partial charge on any atom is 0.156 e. The van der Waals surface area contributed by atoms with E-state index in [1.165, 1.54) is 0 Å². The molecule has 1 atom stereocenters. The average molecular weight is 387 g/mol. The molecule has 1 aliphatic rings. The van der Waals surface area contributed by atoms with E-state index in [4.69, 9.17) is 9.47 Å². The molecule has 0 aromatic heterocycles. The van der Waals surface area contributed by atoms with E-state index in [2.05, 4.69) is 15.9 Å². The number of hydrogen-bond donors (Lipinski definition) is 0. The Balaban J connectivity index is 1.93. The maximum atomic E-state index is 12.3.